The number of nitrogens with one attached hydrogen (secondary N) is 1. The topological polar surface area (TPSA) is 94.1 Å². The molecule has 0 atom stereocenters. The number of aliphatic carboxylic acids is 1. The van der Waals surface area contributed by atoms with Crippen LogP contribution in [0.1, 0.15) is 78.2 Å². The second-order valence-electron chi connectivity index (χ2n) is 7.88. The lowest BCUT2D eigenvalue weighted by Crippen LogP contribution is -2.45. The van der Waals surface area contributed by atoms with E-state index in [9.17, 15) is 14.7 Å². The summed E-state index contributed by atoms with van der Waals surface area (Å²) >= 11 is 0. The van der Waals surface area contributed by atoms with E-state index in [0.29, 0.717) is 37.5 Å². The minimum Gasteiger partial charge on any atom is -0.478 e. The van der Waals surface area contributed by atoms with Gasteiger partial charge in [0.15, 0.2) is 0 Å². The van der Waals surface area contributed by atoms with Gasteiger partial charge in [0.1, 0.15) is 0 Å². The summed E-state index contributed by atoms with van der Waals surface area (Å²) < 4.78 is 17.7. The highest BCUT2D eigenvalue weighted by atomic mass is 28.4. The smallest absolute Gasteiger partial charge is 0.478 e. The van der Waals surface area contributed by atoms with Crippen LogP contribution in [0.5, 0.6) is 0 Å². The number of carbonyl (C=O) groups is 2. The minimum atomic E-state index is -2.54. The fraction of sp³-hybridized carbons (Fsp3) is 0.600. The van der Waals surface area contributed by atoms with Gasteiger partial charge < -0.3 is 23.7 Å². The number of carbonyl (C=O) groups excluding carboxylic acids is 1. The van der Waals surface area contributed by atoms with Gasteiger partial charge in [-0.15, -0.1) is 0 Å². The molecule has 0 aliphatic carbocycles. The van der Waals surface area contributed by atoms with Crippen LogP contribution >= 0.6 is 0 Å². The number of hydrogen-bond donors (Lipinski definition) is 2. The molecule has 1 rings (SSSR count). The second kappa shape index (κ2) is 16.6. The maximum absolute atomic E-state index is 11.6. The summed E-state index contributed by atoms with van der Waals surface area (Å²) in [6, 6.07) is 8.00. The third-order valence-corrected chi connectivity index (χ3v) is 8.27. The first-order valence-corrected chi connectivity index (χ1v) is 14.0. The van der Waals surface area contributed by atoms with E-state index in [4.69, 9.17) is 13.3 Å². The fourth-order valence-corrected chi connectivity index (χ4v) is 6.36. The molecule has 1 aromatic rings. The highest BCUT2D eigenvalue weighted by Gasteiger charge is 2.39. The largest absolute Gasteiger partial charge is 0.500 e. The van der Waals surface area contributed by atoms with Crippen LogP contribution in [0.4, 0.5) is 5.69 Å². The molecule has 0 bridgehead atoms. The Morgan fingerprint density at radius 2 is 1.39 bits per heavy atom. The van der Waals surface area contributed by atoms with Crippen molar-refractivity contribution in [3.05, 3.63) is 35.4 Å². The van der Waals surface area contributed by atoms with Crippen LogP contribution in [0, 0.1) is 0 Å². The molecule has 0 saturated heterocycles. The van der Waals surface area contributed by atoms with Crippen molar-refractivity contribution >= 4 is 32.4 Å². The standard InChI is InChI=1S/C25H41NO6Si/c1-5-30-33(31-6-2,32-7-3)19-13-11-9-8-10-12-14-23(25(28)29)20-22-15-17-24(18-16-22)26-21(4)27/h15-18,20H,5-14,19H2,1-4H3,(H,26,27)(H,28,29)/b23-20+. The molecule has 1 amide bonds. The maximum Gasteiger partial charge on any atom is 0.500 e. The Bertz CT molecular complexity index is 718. The molecule has 0 aliphatic rings. The molecule has 0 aromatic heterocycles. The van der Waals surface area contributed by atoms with Crippen molar-refractivity contribution in [2.45, 2.75) is 78.7 Å². The minimum absolute atomic E-state index is 0.135. The monoisotopic (exact) mass is 479 g/mol. The van der Waals surface area contributed by atoms with Crippen molar-refractivity contribution in [2.75, 3.05) is 25.1 Å². The van der Waals surface area contributed by atoms with E-state index in [1.165, 1.54) is 6.92 Å². The van der Waals surface area contributed by atoms with Crippen LogP contribution in [-0.2, 0) is 22.9 Å². The van der Waals surface area contributed by atoms with E-state index in [1.807, 2.05) is 32.9 Å². The van der Waals surface area contributed by atoms with Gasteiger partial charge in [0.2, 0.25) is 5.91 Å². The first-order chi connectivity index (χ1) is 15.9. The maximum atomic E-state index is 11.6. The molecule has 33 heavy (non-hydrogen) atoms. The van der Waals surface area contributed by atoms with Gasteiger partial charge in [-0.05, 0) is 63.8 Å². The van der Waals surface area contributed by atoms with E-state index in [2.05, 4.69) is 5.32 Å². The molecule has 1 aromatic carbocycles. The molecule has 186 valence electrons. The lowest BCUT2D eigenvalue weighted by Gasteiger charge is -2.28. The Balaban J connectivity index is 2.38. The summed E-state index contributed by atoms with van der Waals surface area (Å²) in [5.41, 5.74) is 1.91. The molecule has 0 saturated carbocycles. The van der Waals surface area contributed by atoms with Crippen molar-refractivity contribution in [3.8, 4) is 0 Å². The van der Waals surface area contributed by atoms with Gasteiger partial charge in [0.05, 0.1) is 0 Å². The molecule has 0 aliphatic heterocycles. The van der Waals surface area contributed by atoms with E-state index in [-0.39, 0.29) is 5.91 Å². The number of amides is 1. The first-order valence-electron chi connectivity index (χ1n) is 12.1. The summed E-state index contributed by atoms with van der Waals surface area (Å²) in [5.74, 6) is -1.02. The number of rotatable bonds is 18. The SMILES string of the molecule is CCO[Si](CCCCCCCC/C(=C\c1ccc(NC(C)=O)cc1)C(=O)O)(OCC)OCC. The normalized spacial score (nSPS) is 12.1. The average Bonchev–Trinajstić information content (AvgIpc) is 2.76. The summed E-state index contributed by atoms with van der Waals surface area (Å²) in [7, 11) is -2.54. The predicted molar refractivity (Wildman–Crippen MR) is 134 cm³/mol. The number of unbranched alkanes of at least 4 members (excludes halogenated alkanes) is 5. The van der Waals surface area contributed by atoms with Gasteiger partial charge in [-0.3, -0.25) is 4.79 Å². The zero-order valence-corrected chi connectivity index (χ0v) is 21.7. The van der Waals surface area contributed by atoms with Crippen molar-refractivity contribution in [3.63, 3.8) is 0 Å². The highest BCUT2D eigenvalue weighted by molar-refractivity contribution is 6.60. The summed E-state index contributed by atoms with van der Waals surface area (Å²) in [5, 5.41) is 12.2. The van der Waals surface area contributed by atoms with Gasteiger partial charge in [-0.2, -0.15) is 0 Å². The van der Waals surface area contributed by atoms with Crippen molar-refractivity contribution in [1.82, 2.24) is 0 Å². The molecule has 8 heteroatoms. The Labute approximate surface area is 199 Å². The molecule has 0 heterocycles. The van der Waals surface area contributed by atoms with Gasteiger partial charge in [0, 0.05) is 44.0 Å². The van der Waals surface area contributed by atoms with Crippen molar-refractivity contribution in [2.24, 2.45) is 0 Å². The molecular formula is C25H41NO6Si. The quantitative estimate of drug-likeness (QED) is 0.155. The molecule has 0 unspecified atom stereocenters. The number of anilines is 1. The van der Waals surface area contributed by atoms with E-state index in [1.54, 1.807) is 18.2 Å². The van der Waals surface area contributed by atoms with Gasteiger partial charge in [-0.1, -0.05) is 37.8 Å². The third kappa shape index (κ3) is 12.1. The first kappa shape index (κ1) is 29.0. The fourth-order valence-electron chi connectivity index (χ4n) is 3.67. The number of carboxylic acid groups (broad SMARTS) is 1. The van der Waals surface area contributed by atoms with Gasteiger partial charge in [-0.25, -0.2) is 4.79 Å². The Morgan fingerprint density at radius 1 is 0.879 bits per heavy atom. The van der Waals surface area contributed by atoms with E-state index in [0.717, 1.165) is 50.1 Å². The second-order valence-corrected chi connectivity index (χ2v) is 10.6. The summed E-state index contributed by atoms with van der Waals surface area (Å²) in [6.07, 6.45) is 8.37. The zero-order chi connectivity index (χ0) is 24.5. The Kier molecular flexibility index (Phi) is 14.6. The highest BCUT2D eigenvalue weighted by Crippen LogP contribution is 2.21. The molecule has 0 spiro atoms. The number of benzene rings is 1. The van der Waals surface area contributed by atoms with Crippen LogP contribution in [0.3, 0.4) is 0 Å². The van der Waals surface area contributed by atoms with Gasteiger partial charge in [0.25, 0.3) is 0 Å². The average molecular weight is 480 g/mol. The number of hydrogen-bond acceptors (Lipinski definition) is 5. The Morgan fingerprint density at radius 3 is 1.88 bits per heavy atom. The number of carboxylic acids is 1. The summed E-state index contributed by atoms with van der Waals surface area (Å²) in [4.78, 5) is 22.7. The molecule has 0 radical (unpaired) electrons. The molecule has 2 N–H and O–H groups in total. The van der Waals surface area contributed by atoms with Gasteiger partial charge >= 0.3 is 14.8 Å². The van der Waals surface area contributed by atoms with Crippen LogP contribution in [0.2, 0.25) is 6.04 Å². The molecular weight excluding hydrogens is 438 g/mol. The lowest BCUT2D eigenvalue weighted by atomic mass is 10.0. The molecule has 7 nitrogen and oxygen atoms in total. The van der Waals surface area contributed by atoms with Crippen LogP contribution in [0.15, 0.2) is 29.8 Å². The van der Waals surface area contributed by atoms with Crippen LogP contribution in [-0.4, -0.2) is 45.6 Å². The van der Waals surface area contributed by atoms with E-state index >= 15 is 0 Å². The van der Waals surface area contributed by atoms with Crippen molar-refractivity contribution < 1.29 is 28.0 Å². The predicted octanol–water partition coefficient (Wildman–Crippen LogP) is 5.89. The van der Waals surface area contributed by atoms with Crippen LogP contribution in [0.25, 0.3) is 6.08 Å². The Hall–Kier alpha value is -2.00. The van der Waals surface area contributed by atoms with E-state index < -0.39 is 14.8 Å². The third-order valence-electron chi connectivity index (χ3n) is 5.12. The van der Waals surface area contributed by atoms with Crippen molar-refractivity contribution in [1.29, 1.82) is 0 Å². The zero-order valence-electron chi connectivity index (χ0n) is 20.7. The summed E-state index contributed by atoms with van der Waals surface area (Å²) in [6.45, 7) is 9.18. The molecule has 0 fully saturated rings. The van der Waals surface area contributed by atoms with Crippen LogP contribution < -0.4 is 5.32 Å². The lowest BCUT2D eigenvalue weighted by molar-refractivity contribution is -0.132.